The Morgan fingerprint density at radius 3 is 2.97 bits per heavy atom. The number of nitrogens with one attached hydrogen (secondary N) is 1. The van der Waals surface area contributed by atoms with E-state index in [0.29, 0.717) is 23.9 Å². The maximum atomic E-state index is 12.6. The summed E-state index contributed by atoms with van der Waals surface area (Å²) in [6, 6.07) is 7.23. The molecule has 2 aromatic rings. The van der Waals surface area contributed by atoms with Gasteiger partial charge in [-0.15, -0.1) is 0 Å². The molecular weight excluding hydrogens is 382 g/mol. The van der Waals surface area contributed by atoms with Crippen molar-refractivity contribution in [3.05, 3.63) is 42.0 Å². The van der Waals surface area contributed by atoms with Crippen molar-refractivity contribution in [2.75, 3.05) is 26.7 Å². The first-order chi connectivity index (χ1) is 14.6. The van der Waals surface area contributed by atoms with Gasteiger partial charge in [0.05, 0.1) is 25.4 Å². The van der Waals surface area contributed by atoms with Crippen LogP contribution in [0.3, 0.4) is 0 Å². The Kier molecular flexibility index (Phi) is 4.99. The largest absolute Gasteiger partial charge is 0.497 e. The second kappa shape index (κ2) is 7.67. The van der Waals surface area contributed by atoms with Gasteiger partial charge in [-0.05, 0) is 44.0 Å². The molecule has 0 unspecified atom stereocenters. The molecule has 1 spiro atoms. The Morgan fingerprint density at radius 1 is 1.37 bits per heavy atom. The number of nitrogens with zero attached hydrogens (tertiary/aromatic N) is 4. The Balaban J connectivity index is 1.23. The summed E-state index contributed by atoms with van der Waals surface area (Å²) in [6.45, 7) is 6.29. The first kappa shape index (κ1) is 19.5. The molecule has 4 heterocycles. The lowest BCUT2D eigenvalue weighted by molar-refractivity contribution is 0.00184. The van der Waals surface area contributed by atoms with Crippen LogP contribution in [-0.2, 0) is 17.8 Å². The van der Waals surface area contributed by atoms with Crippen molar-refractivity contribution in [2.45, 2.75) is 44.6 Å². The van der Waals surface area contributed by atoms with E-state index in [1.54, 1.807) is 25.6 Å². The van der Waals surface area contributed by atoms with Gasteiger partial charge in [0.2, 0.25) is 0 Å². The fourth-order valence-electron chi connectivity index (χ4n) is 5.61. The van der Waals surface area contributed by atoms with Crippen molar-refractivity contribution in [1.82, 2.24) is 25.0 Å². The highest BCUT2D eigenvalue weighted by molar-refractivity contribution is 5.94. The van der Waals surface area contributed by atoms with Gasteiger partial charge >= 0.3 is 0 Å². The number of methoxy groups -OCH3 is 1. The van der Waals surface area contributed by atoms with E-state index in [-0.39, 0.29) is 17.6 Å². The SMILES string of the molecule is CCn1ncnc1CN1C[C@@H]2[C@H](CNC(=O)c3ccc(OC)cc3)[C@H]3CC[C@]2(C1)O3. The summed E-state index contributed by atoms with van der Waals surface area (Å²) >= 11 is 0. The van der Waals surface area contributed by atoms with Crippen LogP contribution in [0.4, 0.5) is 0 Å². The molecule has 3 saturated heterocycles. The van der Waals surface area contributed by atoms with Crippen LogP contribution in [0.15, 0.2) is 30.6 Å². The number of likely N-dealkylation sites (tertiary alicyclic amines) is 1. The Labute approximate surface area is 176 Å². The van der Waals surface area contributed by atoms with Crippen molar-refractivity contribution >= 4 is 5.91 Å². The van der Waals surface area contributed by atoms with E-state index in [2.05, 4.69) is 27.2 Å². The zero-order valence-corrected chi connectivity index (χ0v) is 17.6. The molecule has 3 fully saturated rings. The van der Waals surface area contributed by atoms with Crippen LogP contribution in [-0.4, -0.2) is 64.0 Å². The molecule has 5 rings (SSSR count). The second-order valence-corrected chi connectivity index (χ2v) is 8.63. The molecule has 160 valence electrons. The average molecular weight is 412 g/mol. The number of rotatable bonds is 7. The van der Waals surface area contributed by atoms with E-state index >= 15 is 0 Å². The van der Waals surface area contributed by atoms with Crippen LogP contribution >= 0.6 is 0 Å². The maximum absolute atomic E-state index is 12.6. The van der Waals surface area contributed by atoms with Crippen LogP contribution in [0.25, 0.3) is 0 Å². The third kappa shape index (κ3) is 3.28. The zero-order chi connectivity index (χ0) is 20.7. The number of ether oxygens (including phenoxy) is 2. The first-order valence-electron chi connectivity index (χ1n) is 10.8. The van der Waals surface area contributed by atoms with Crippen LogP contribution in [0.2, 0.25) is 0 Å². The normalized spacial score (nSPS) is 29.9. The highest BCUT2D eigenvalue weighted by Gasteiger charge is 2.62. The average Bonchev–Trinajstić information content (AvgIpc) is 3.52. The topological polar surface area (TPSA) is 81.5 Å². The molecule has 8 heteroatoms. The number of aryl methyl sites for hydroxylation is 1. The van der Waals surface area contributed by atoms with Gasteiger partial charge in [0.25, 0.3) is 5.91 Å². The predicted octanol–water partition coefficient (Wildman–Crippen LogP) is 1.72. The standard InChI is InChI=1S/C22H29N5O3/c1-3-27-20(24-14-25-27)12-26-11-18-17(19-8-9-22(18,13-26)30-19)10-23-21(28)15-4-6-16(29-2)7-5-15/h4-7,14,17-19H,3,8-13H2,1-2H3,(H,23,28)/t17-,18+,19+,22+/m0/s1. The van der Waals surface area contributed by atoms with Gasteiger partial charge in [0, 0.05) is 43.6 Å². The van der Waals surface area contributed by atoms with Gasteiger partial charge in [0.15, 0.2) is 0 Å². The van der Waals surface area contributed by atoms with Crippen LogP contribution in [0.1, 0.15) is 35.9 Å². The third-order valence-corrected chi connectivity index (χ3v) is 7.07. The molecule has 1 N–H and O–H groups in total. The fourth-order valence-corrected chi connectivity index (χ4v) is 5.61. The number of benzene rings is 1. The maximum Gasteiger partial charge on any atom is 0.251 e. The van der Waals surface area contributed by atoms with Crippen molar-refractivity contribution in [3.63, 3.8) is 0 Å². The number of hydrogen-bond acceptors (Lipinski definition) is 6. The molecular formula is C22H29N5O3. The van der Waals surface area contributed by atoms with Crippen LogP contribution in [0.5, 0.6) is 5.75 Å². The second-order valence-electron chi connectivity index (χ2n) is 8.63. The van der Waals surface area contributed by atoms with Gasteiger partial charge in [0.1, 0.15) is 17.9 Å². The number of carbonyl (C=O) groups is 1. The number of fused-ring (bicyclic) bond motifs is 1. The lowest BCUT2D eigenvalue weighted by atomic mass is 9.73. The van der Waals surface area contributed by atoms with Crippen LogP contribution in [0, 0.1) is 11.8 Å². The van der Waals surface area contributed by atoms with Gasteiger partial charge in [-0.25, -0.2) is 9.67 Å². The highest BCUT2D eigenvalue weighted by Crippen LogP contribution is 2.54. The first-order valence-corrected chi connectivity index (χ1v) is 10.8. The van der Waals surface area contributed by atoms with Crippen molar-refractivity contribution < 1.29 is 14.3 Å². The molecule has 1 aromatic heterocycles. The number of carbonyl (C=O) groups excluding carboxylic acids is 1. The molecule has 0 saturated carbocycles. The summed E-state index contributed by atoms with van der Waals surface area (Å²) in [7, 11) is 1.62. The third-order valence-electron chi connectivity index (χ3n) is 7.07. The minimum absolute atomic E-state index is 0.0413. The zero-order valence-electron chi connectivity index (χ0n) is 17.6. The van der Waals surface area contributed by atoms with E-state index in [1.165, 1.54) is 0 Å². The Hall–Kier alpha value is -2.45. The molecule has 0 radical (unpaired) electrons. The van der Waals surface area contributed by atoms with E-state index in [9.17, 15) is 4.79 Å². The summed E-state index contributed by atoms with van der Waals surface area (Å²) < 4.78 is 13.6. The quantitative estimate of drug-likeness (QED) is 0.747. The highest BCUT2D eigenvalue weighted by atomic mass is 16.5. The minimum atomic E-state index is -0.0583. The molecule has 8 nitrogen and oxygen atoms in total. The van der Waals surface area contributed by atoms with Crippen molar-refractivity contribution in [3.8, 4) is 5.75 Å². The molecule has 1 aromatic carbocycles. The van der Waals surface area contributed by atoms with E-state index in [1.807, 2.05) is 16.8 Å². The summed E-state index contributed by atoms with van der Waals surface area (Å²) in [5.74, 6) is 2.52. The van der Waals surface area contributed by atoms with E-state index in [0.717, 1.165) is 50.6 Å². The minimum Gasteiger partial charge on any atom is -0.497 e. The van der Waals surface area contributed by atoms with Gasteiger partial charge in [-0.1, -0.05) is 0 Å². The van der Waals surface area contributed by atoms with Gasteiger partial charge in [-0.3, -0.25) is 9.69 Å². The molecule has 0 aliphatic carbocycles. The van der Waals surface area contributed by atoms with Crippen molar-refractivity contribution in [2.24, 2.45) is 11.8 Å². The van der Waals surface area contributed by atoms with Crippen molar-refractivity contribution in [1.29, 1.82) is 0 Å². The van der Waals surface area contributed by atoms with E-state index in [4.69, 9.17) is 9.47 Å². The number of aromatic nitrogens is 3. The predicted molar refractivity (Wildman–Crippen MR) is 110 cm³/mol. The number of amides is 1. The Bertz CT molecular complexity index is 914. The summed E-state index contributed by atoms with van der Waals surface area (Å²) in [5.41, 5.74) is 0.596. The summed E-state index contributed by atoms with van der Waals surface area (Å²) in [4.78, 5) is 19.5. The molecule has 2 bridgehead atoms. The summed E-state index contributed by atoms with van der Waals surface area (Å²) in [6.07, 6.45) is 4.08. The lowest BCUT2D eigenvalue weighted by Gasteiger charge is -2.29. The summed E-state index contributed by atoms with van der Waals surface area (Å²) in [5, 5.41) is 7.44. The fraction of sp³-hybridized carbons (Fsp3) is 0.591. The molecule has 1 amide bonds. The van der Waals surface area contributed by atoms with Crippen LogP contribution < -0.4 is 10.1 Å². The van der Waals surface area contributed by atoms with E-state index < -0.39 is 0 Å². The Morgan fingerprint density at radius 2 is 2.20 bits per heavy atom. The smallest absolute Gasteiger partial charge is 0.251 e. The molecule has 30 heavy (non-hydrogen) atoms. The molecule has 3 aliphatic heterocycles. The molecule has 3 aliphatic rings. The lowest BCUT2D eigenvalue weighted by Crippen LogP contribution is -2.41. The monoisotopic (exact) mass is 411 g/mol. The van der Waals surface area contributed by atoms with Gasteiger partial charge in [-0.2, -0.15) is 5.10 Å². The van der Waals surface area contributed by atoms with Gasteiger partial charge < -0.3 is 14.8 Å². The number of hydrogen-bond donors (Lipinski definition) is 1. The molecule has 4 atom stereocenters.